The molecule has 0 radical (unpaired) electrons. The zero-order valence-electron chi connectivity index (χ0n) is 8.37. The van der Waals surface area contributed by atoms with E-state index in [4.69, 9.17) is 10.5 Å². The van der Waals surface area contributed by atoms with Crippen LogP contribution in [0.4, 0.5) is 0 Å². The number of rotatable bonds is 0. The van der Waals surface area contributed by atoms with Crippen LogP contribution in [0.15, 0.2) is 40.4 Å². The zero-order valence-corrected chi connectivity index (χ0v) is 9.95. The van der Waals surface area contributed by atoms with Crippen molar-refractivity contribution in [2.24, 2.45) is 0 Å². The summed E-state index contributed by atoms with van der Waals surface area (Å²) in [6.07, 6.45) is 2.80. The Morgan fingerprint density at radius 1 is 1.19 bits per heavy atom. The highest BCUT2D eigenvalue weighted by atomic mass is 79.9. The SMILES string of the molecule is N#CC(C#N)=C1C(Br)=CCc2ccccc21. The third-order valence-corrected chi connectivity index (χ3v) is 3.22. The van der Waals surface area contributed by atoms with Gasteiger partial charge in [-0.05, 0) is 17.5 Å². The average Bonchev–Trinajstić information content (AvgIpc) is 2.33. The van der Waals surface area contributed by atoms with Gasteiger partial charge in [0, 0.05) is 10.1 Å². The first kappa shape index (κ1) is 10.7. The fourth-order valence-electron chi connectivity index (χ4n) is 1.76. The van der Waals surface area contributed by atoms with Crippen molar-refractivity contribution in [2.75, 3.05) is 0 Å². The Kier molecular flexibility index (Phi) is 2.90. The van der Waals surface area contributed by atoms with E-state index in [1.807, 2.05) is 42.5 Å². The number of benzene rings is 1. The van der Waals surface area contributed by atoms with Gasteiger partial charge in [-0.3, -0.25) is 0 Å². The van der Waals surface area contributed by atoms with Crippen molar-refractivity contribution in [1.29, 1.82) is 10.5 Å². The van der Waals surface area contributed by atoms with E-state index in [2.05, 4.69) is 15.9 Å². The van der Waals surface area contributed by atoms with Crippen LogP contribution in [0.25, 0.3) is 5.57 Å². The van der Waals surface area contributed by atoms with Crippen LogP contribution in [0.3, 0.4) is 0 Å². The summed E-state index contributed by atoms with van der Waals surface area (Å²) >= 11 is 3.41. The summed E-state index contributed by atoms with van der Waals surface area (Å²) in [6.45, 7) is 0. The molecule has 76 valence electrons. The van der Waals surface area contributed by atoms with Crippen LogP contribution in [0, 0.1) is 22.7 Å². The van der Waals surface area contributed by atoms with Crippen molar-refractivity contribution in [3.63, 3.8) is 0 Å². The Labute approximate surface area is 102 Å². The maximum absolute atomic E-state index is 8.94. The average molecular weight is 271 g/mol. The number of allylic oxidation sites excluding steroid dienone is 4. The van der Waals surface area contributed by atoms with E-state index in [0.29, 0.717) is 5.57 Å². The van der Waals surface area contributed by atoms with Gasteiger partial charge < -0.3 is 0 Å². The summed E-state index contributed by atoms with van der Waals surface area (Å²) in [7, 11) is 0. The highest BCUT2D eigenvalue weighted by molar-refractivity contribution is 9.12. The number of halogens is 1. The summed E-state index contributed by atoms with van der Waals surface area (Å²) < 4.78 is 0.823. The second kappa shape index (κ2) is 4.35. The molecule has 0 spiro atoms. The van der Waals surface area contributed by atoms with E-state index in [9.17, 15) is 0 Å². The molecule has 0 saturated heterocycles. The molecule has 0 fully saturated rings. The van der Waals surface area contributed by atoms with Gasteiger partial charge in [-0.2, -0.15) is 10.5 Å². The lowest BCUT2D eigenvalue weighted by Crippen LogP contribution is -2.01. The second-order valence-corrected chi connectivity index (χ2v) is 4.24. The maximum Gasteiger partial charge on any atom is 0.138 e. The molecule has 0 N–H and O–H groups in total. The smallest absolute Gasteiger partial charge is 0.138 e. The predicted molar refractivity (Wildman–Crippen MR) is 65.3 cm³/mol. The first-order chi connectivity index (χ1) is 7.77. The molecule has 1 aliphatic carbocycles. The predicted octanol–water partition coefficient (Wildman–Crippen LogP) is 3.32. The highest BCUT2D eigenvalue weighted by Crippen LogP contribution is 2.36. The van der Waals surface area contributed by atoms with Gasteiger partial charge in [0.1, 0.15) is 17.7 Å². The first-order valence-corrected chi connectivity index (χ1v) is 5.56. The van der Waals surface area contributed by atoms with E-state index >= 15 is 0 Å². The van der Waals surface area contributed by atoms with Gasteiger partial charge in [-0.1, -0.05) is 46.3 Å². The van der Waals surface area contributed by atoms with E-state index in [1.165, 1.54) is 0 Å². The van der Waals surface area contributed by atoms with Crippen LogP contribution >= 0.6 is 15.9 Å². The molecule has 0 atom stereocenters. The van der Waals surface area contributed by atoms with Gasteiger partial charge in [0.05, 0.1) is 0 Å². The number of nitriles is 2. The molecule has 0 aliphatic heterocycles. The van der Waals surface area contributed by atoms with Gasteiger partial charge in [0.25, 0.3) is 0 Å². The summed E-state index contributed by atoms with van der Waals surface area (Å²) in [5, 5.41) is 17.9. The third-order valence-electron chi connectivity index (χ3n) is 2.50. The standard InChI is InChI=1S/C13H7BrN2/c14-12-6-5-9-3-1-2-4-11(9)13(12)10(7-15)8-16/h1-4,6H,5H2. The van der Waals surface area contributed by atoms with E-state index in [1.54, 1.807) is 0 Å². The van der Waals surface area contributed by atoms with E-state index in [0.717, 1.165) is 22.0 Å². The third kappa shape index (κ3) is 1.66. The summed E-state index contributed by atoms with van der Waals surface area (Å²) in [4.78, 5) is 0. The highest BCUT2D eigenvalue weighted by Gasteiger charge is 2.18. The molecule has 1 aromatic rings. The number of hydrogen-bond acceptors (Lipinski definition) is 2. The Balaban J connectivity index is 2.75. The van der Waals surface area contributed by atoms with Crippen LogP contribution in [0.5, 0.6) is 0 Å². The molecule has 2 rings (SSSR count). The summed E-state index contributed by atoms with van der Waals surface area (Å²) in [6, 6.07) is 11.7. The molecule has 0 heterocycles. The molecule has 0 saturated carbocycles. The number of hydrogen-bond donors (Lipinski definition) is 0. The van der Waals surface area contributed by atoms with E-state index < -0.39 is 0 Å². The summed E-state index contributed by atoms with van der Waals surface area (Å²) in [5.74, 6) is 0. The van der Waals surface area contributed by atoms with Crippen molar-refractivity contribution < 1.29 is 0 Å². The lowest BCUT2D eigenvalue weighted by molar-refractivity contribution is 1.22. The maximum atomic E-state index is 8.94. The fourth-order valence-corrected chi connectivity index (χ4v) is 2.34. The number of fused-ring (bicyclic) bond motifs is 1. The van der Waals surface area contributed by atoms with Gasteiger partial charge in [0.2, 0.25) is 0 Å². The van der Waals surface area contributed by atoms with Crippen molar-refractivity contribution in [3.8, 4) is 12.1 Å². The summed E-state index contributed by atoms with van der Waals surface area (Å²) in [5.41, 5.74) is 2.96. The Morgan fingerprint density at radius 3 is 2.56 bits per heavy atom. The first-order valence-electron chi connectivity index (χ1n) is 4.76. The van der Waals surface area contributed by atoms with Crippen LogP contribution < -0.4 is 0 Å². The lowest BCUT2D eigenvalue weighted by Gasteiger charge is -2.16. The monoisotopic (exact) mass is 270 g/mol. The van der Waals surface area contributed by atoms with Crippen LogP contribution in [0.2, 0.25) is 0 Å². The van der Waals surface area contributed by atoms with Crippen LogP contribution in [-0.2, 0) is 6.42 Å². The molecular weight excluding hydrogens is 264 g/mol. The minimum Gasteiger partial charge on any atom is -0.192 e. The van der Waals surface area contributed by atoms with Gasteiger partial charge in [0.15, 0.2) is 0 Å². The van der Waals surface area contributed by atoms with Crippen molar-refractivity contribution in [2.45, 2.75) is 6.42 Å². The van der Waals surface area contributed by atoms with E-state index in [-0.39, 0.29) is 5.57 Å². The van der Waals surface area contributed by atoms with Crippen molar-refractivity contribution in [3.05, 3.63) is 51.5 Å². The zero-order chi connectivity index (χ0) is 11.5. The second-order valence-electron chi connectivity index (χ2n) is 3.39. The Hall–Kier alpha value is -1.84. The molecule has 2 nitrogen and oxygen atoms in total. The fraction of sp³-hybridized carbons (Fsp3) is 0.0769. The lowest BCUT2D eigenvalue weighted by atomic mass is 9.90. The van der Waals surface area contributed by atoms with Gasteiger partial charge in [-0.25, -0.2) is 0 Å². The molecule has 0 aromatic heterocycles. The molecule has 3 heteroatoms. The molecule has 0 unspecified atom stereocenters. The molecule has 1 aromatic carbocycles. The van der Waals surface area contributed by atoms with Gasteiger partial charge in [-0.15, -0.1) is 0 Å². The molecule has 1 aliphatic rings. The molecule has 0 bridgehead atoms. The normalized spacial score (nSPS) is 13.2. The van der Waals surface area contributed by atoms with Crippen molar-refractivity contribution >= 4 is 21.5 Å². The van der Waals surface area contributed by atoms with Crippen molar-refractivity contribution in [1.82, 2.24) is 0 Å². The van der Waals surface area contributed by atoms with Crippen LogP contribution in [-0.4, -0.2) is 0 Å². The molecular formula is C13H7BrN2. The Bertz CT molecular complexity index is 567. The minimum atomic E-state index is 0.148. The largest absolute Gasteiger partial charge is 0.192 e. The number of nitrogens with zero attached hydrogens (tertiary/aromatic N) is 2. The van der Waals surface area contributed by atoms with Gasteiger partial charge >= 0.3 is 0 Å². The minimum absolute atomic E-state index is 0.148. The quantitative estimate of drug-likeness (QED) is 0.679. The molecule has 16 heavy (non-hydrogen) atoms. The Morgan fingerprint density at radius 2 is 1.88 bits per heavy atom. The topological polar surface area (TPSA) is 47.6 Å². The van der Waals surface area contributed by atoms with Crippen LogP contribution in [0.1, 0.15) is 11.1 Å². The molecule has 0 amide bonds.